The lowest BCUT2D eigenvalue weighted by Crippen LogP contribution is -2.02. The van der Waals surface area contributed by atoms with Crippen molar-refractivity contribution in [3.05, 3.63) is 60.2 Å². The Morgan fingerprint density at radius 1 is 0.947 bits per heavy atom. The van der Waals surface area contributed by atoms with Gasteiger partial charge in [0.05, 0.1) is 6.10 Å². The van der Waals surface area contributed by atoms with Crippen molar-refractivity contribution >= 4 is 5.97 Å². The summed E-state index contributed by atoms with van der Waals surface area (Å²) >= 11 is 0. The molecule has 19 heavy (non-hydrogen) atoms. The van der Waals surface area contributed by atoms with Crippen LogP contribution in [0, 0.1) is 0 Å². The molecule has 2 rings (SSSR count). The number of rotatable bonds is 5. The third-order valence-corrected chi connectivity index (χ3v) is 3.03. The first-order valence-corrected chi connectivity index (χ1v) is 6.22. The van der Waals surface area contributed by atoms with Crippen LogP contribution in [-0.2, 0) is 4.79 Å². The fourth-order valence-corrected chi connectivity index (χ4v) is 1.96. The maximum atomic E-state index is 10.5. The Balaban J connectivity index is 2.08. The lowest BCUT2D eigenvalue weighted by Gasteiger charge is -2.10. The molecule has 0 amide bonds. The number of aliphatic hydroxyl groups is 1. The van der Waals surface area contributed by atoms with Gasteiger partial charge in [0.1, 0.15) is 0 Å². The molecule has 0 spiro atoms. The van der Waals surface area contributed by atoms with Crippen molar-refractivity contribution < 1.29 is 15.0 Å². The molecule has 0 saturated carbocycles. The summed E-state index contributed by atoms with van der Waals surface area (Å²) in [4.78, 5) is 10.5. The Kier molecular flexibility index (Phi) is 4.31. The van der Waals surface area contributed by atoms with Crippen molar-refractivity contribution in [2.24, 2.45) is 0 Å². The molecule has 2 aromatic rings. The fraction of sp³-hybridized carbons (Fsp3) is 0.188. The molecule has 0 aliphatic heterocycles. The molecular weight excluding hydrogens is 240 g/mol. The minimum Gasteiger partial charge on any atom is -0.481 e. The molecule has 0 aromatic heterocycles. The summed E-state index contributed by atoms with van der Waals surface area (Å²) in [5.74, 6) is -0.889. The van der Waals surface area contributed by atoms with Crippen LogP contribution in [0.4, 0.5) is 0 Å². The minimum atomic E-state index is -0.889. The molecule has 0 radical (unpaired) electrons. The Morgan fingerprint density at radius 3 is 2.11 bits per heavy atom. The summed E-state index contributed by atoms with van der Waals surface area (Å²) in [6.07, 6.45) is -0.511. The van der Waals surface area contributed by atoms with E-state index in [4.69, 9.17) is 5.11 Å². The van der Waals surface area contributed by atoms with E-state index in [9.17, 15) is 9.90 Å². The Hall–Kier alpha value is -2.13. The van der Waals surface area contributed by atoms with E-state index in [-0.39, 0.29) is 12.8 Å². The minimum absolute atomic E-state index is 0.0262. The van der Waals surface area contributed by atoms with Gasteiger partial charge >= 0.3 is 5.97 Å². The first-order chi connectivity index (χ1) is 9.16. The maximum absolute atomic E-state index is 10.5. The largest absolute Gasteiger partial charge is 0.481 e. The highest BCUT2D eigenvalue weighted by atomic mass is 16.4. The number of carbonyl (C=O) groups is 1. The molecular formula is C16H16O3. The van der Waals surface area contributed by atoms with Crippen LogP contribution >= 0.6 is 0 Å². The van der Waals surface area contributed by atoms with Crippen molar-refractivity contribution in [1.82, 2.24) is 0 Å². The molecule has 3 heteroatoms. The lowest BCUT2D eigenvalue weighted by atomic mass is 10.00. The van der Waals surface area contributed by atoms with E-state index < -0.39 is 12.1 Å². The Bertz CT molecular complexity index is 532. The van der Waals surface area contributed by atoms with Crippen LogP contribution in [0.25, 0.3) is 11.1 Å². The molecule has 1 unspecified atom stereocenters. The molecule has 0 aliphatic carbocycles. The Morgan fingerprint density at radius 2 is 1.53 bits per heavy atom. The van der Waals surface area contributed by atoms with Crippen molar-refractivity contribution in [2.75, 3.05) is 0 Å². The first-order valence-electron chi connectivity index (χ1n) is 6.22. The molecule has 0 bridgehead atoms. The topological polar surface area (TPSA) is 57.5 Å². The number of carboxylic acids is 1. The van der Waals surface area contributed by atoms with Crippen LogP contribution in [0.15, 0.2) is 54.6 Å². The van der Waals surface area contributed by atoms with Crippen LogP contribution in [0.1, 0.15) is 24.5 Å². The highest BCUT2D eigenvalue weighted by Gasteiger charge is 2.09. The number of benzene rings is 2. The monoisotopic (exact) mass is 256 g/mol. The van der Waals surface area contributed by atoms with Gasteiger partial charge in [0.25, 0.3) is 0 Å². The summed E-state index contributed by atoms with van der Waals surface area (Å²) < 4.78 is 0. The van der Waals surface area contributed by atoms with Gasteiger partial charge in [0, 0.05) is 6.42 Å². The van der Waals surface area contributed by atoms with Crippen molar-refractivity contribution in [2.45, 2.75) is 18.9 Å². The number of hydrogen-bond acceptors (Lipinski definition) is 2. The average Bonchev–Trinajstić information content (AvgIpc) is 2.46. The predicted octanol–water partition coefficient (Wildman–Crippen LogP) is 3.25. The summed E-state index contributed by atoms with van der Waals surface area (Å²) in [5, 5.41) is 18.5. The number of carboxylic acid groups (broad SMARTS) is 1. The SMILES string of the molecule is O=C(O)CCC(O)c1ccc(-c2ccccc2)cc1. The van der Waals surface area contributed by atoms with Gasteiger partial charge in [-0.25, -0.2) is 0 Å². The van der Waals surface area contributed by atoms with Gasteiger partial charge < -0.3 is 10.2 Å². The van der Waals surface area contributed by atoms with Crippen LogP contribution in [0.3, 0.4) is 0 Å². The van der Waals surface area contributed by atoms with E-state index in [0.717, 1.165) is 16.7 Å². The summed E-state index contributed by atoms with van der Waals surface area (Å²) in [7, 11) is 0. The van der Waals surface area contributed by atoms with E-state index in [1.807, 2.05) is 54.6 Å². The second-order valence-corrected chi connectivity index (χ2v) is 4.44. The molecule has 0 fully saturated rings. The van der Waals surface area contributed by atoms with Gasteiger partial charge in [-0.15, -0.1) is 0 Å². The molecule has 3 nitrogen and oxygen atoms in total. The fourth-order valence-electron chi connectivity index (χ4n) is 1.96. The summed E-state index contributed by atoms with van der Waals surface area (Å²) in [6.45, 7) is 0. The van der Waals surface area contributed by atoms with Gasteiger partial charge in [-0.3, -0.25) is 4.79 Å². The second kappa shape index (κ2) is 6.16. The average molecular weight is 256 g/mol. The molecule has 0 saturated heterocycles. The van der Waals surface area contributed by atoms with Gasteiger partial charge in [-0.1, -0.05) is 54.6 Å². The second-order valence-electron chi connectivity index (χ2n) is 4.44. The molecule has 98 valence electrons. The third kappa shape index (κ3) is 3.66. The van der Waals surface area contributed by atoms with Gasteiger partial charge in [-0.2, -0.15) is 0 Å². The summed E-state index contributed by atoms with van der Waals surface area (Å²) in [5.41, 5.74) is 2.95. The third-order valence-electron chi connectivity index (χ3n) is 3.03. The van der Waals surface area contributed by atoms with Crippen LogP contribution in [0.2, 0.25) is 0 Å². The van der Waals surface area contributed by atoms with E-state index in [1.165, 1.54) is 0 Å². The predicted molar refractivity (Wildman–Crippen MR) is 73.7 cm³/mol. The van der Waals surface area contributed by atoms with Crippen LogP contribution in [0.5, 0.6) is 0 Å². The van der Waals surface area contributed by atoms with E-state index in [1.54, 1.807) is 0 Å². The molecule has 2 N–H and O–H groups in total. The lowest BCUT2D eigenvalue weighted by molar-refractivity contribution is -0.137. The number of hydrogen-bond donors (Lipinski definition) is 2. The van der Waals surface area contributed by atoms with Gasteiger partial charge in [-0.05, 0) is 23.1 Å². The smallest absolute Gasteiger partial charge is 0.303 e. The number of aliphatic carboxylic acids is 1. The van der Waals surface area contributed by atoms with Crippen LogP contribution < -0.4 is 0 Å². The van der Waals surface area contributed by atoms with Crippen molar-refractivity contribution in [3.63, 3.8) is 0 Å². The van der Waals surface area contributed by atoms with E-state index in [2.05, 4.69) is 0 Å². The zero-order valence-corrected chi connectivity index (χ0v) is 10.5. The molecule has 0 aliphatic rings. The molecule has 1 atom stereocenters. The van der Waals surface area contributed by atoms with Gasteiger partial charge in [0.15, 0.2) is 0 Å². The first kappa shape index (κ1) is 13.3. The van der Waals surface area contributed by atoms with Crippen molar-refractivity contribution in [1.29, 1.82) is 0 Å². The highest BCUT2D eigenvalue weighted by molar-refractivity contribution is 5.66. The number of aliphatic hydroxyl groups excluding tert-OH is 1. The Labute approximate surface area is 112 Å². The standard InChI is InChI=1S/C16H16O3/c17-15(10-11-16(18)19)14-8-6-13(7-9-14)12-4-2-1-3-5-12/h1-9,15,17H,10-11H2,(H,18,19). The normalized spacial score (nSPS) is 12.1. The molecule has 0 heterocycles. The zero-order valence-electron chi connectivity index (χ0n) is 10.5. The quantitative estimate of drug-likeness (QED) is 0.863. The maximum Gasteiger partial charge on any atom is 0.303 e. The molecule has 2 aromatic carbocycles. The van der Waals surface area contributed by atoms with Crippen molar-refractivity contribution in [3.8, 4) is 11.1 Å². The summed E-state index contributed by atoms with van der Waals surface area (Å²) in [6, 6.07) is 17.5. The van der Waals surface area contributed by atoms with Crippen LogP contribution in [-0.4, -0.2) is 16.2 Å². The van der Waals surface area contributed by atoms with E-state index >= 15 is 0 Å². The van der Waals surface area contributed by atoms with Gasteiger partial charge in [0.2, 0.25) is 0 Å². The highest BCUT2D eigenvalue weighted by Crippen LogP contribution is 2.23. The zero-order chi connectivity index (χ0) is 13.7. The van der Waals surface area contributed by atoms with E-state index in [0.29, 0.717) is 0 Å².